The van der Waals surface area contributed by atoms with Crippen molar-refractivity contribution >= 4 is 12.3 Å². The first-order valence-corrected chi connectivity index (χ1v) is 9.62. The third kappa shape index (κ3) is 10.3. The summed E-state index contributed by atoms with van der Waals surface area (Å²) in [6.45, 7) is 2.55. The van der Waals surface area contributed by atoms with Gasteiger partial charge in [-0.05, 0) is 49.9 Å². The number of benzene rings is 1. The Morgan fingerprint density at radius 1 is 1.00 bits per heavy atom. The van der Waals surface area contributed by atoms with Gasteiger partial charge in [-0.15, -0.1) is 0 Å². The van der Waals surface area contributed by atoms with Crippen LogP contribution in [0.5, 0.6) is 5.75 Å². The predicted molar refractivity (Wildman–Crippen MR) is 114 cm³/mol. The number of allylic oxidation sites excluding steroid dienone is 8. The van der Waals surface area contributed by atoms with E-state index in [2.05, 4.69) is 29.9 Å². The maximum Gasteiger partial charge on any atom is 0.337 e. The molecule has 28 heavy (non-hydrogen) atoms. The molecule has 1 aromatic rings. The van der Waals surface area contributed by atoms with Crippen LogP contribution in [0.25, 0.3) is 0 Å². The number of hydrogen-bond acceptors (Lipinski definition) is 4. The maximum atomic E-state index is 11.4. The van der Waals surface area contributed by atoms with Crippen LogP contribution in [-0.4, -0.2) is 26.0 Å². The van der Waals surface area contributed by atoms with E-state index in [-0.39, 0.29) is 11.9 Å². The number of carbonyl (C=O) groups excluding carboxylic acids is 2. The Kier molecular flexibility index (Phi) is 12.6. The van der Waals surface area contributed by atoms with Crippen LogP contribution in [0.4, 0.5) is 0 Å². The Morgan fingerprint density at radius 2 is 1.71 bits per heavy atom. The molecular weight excluding hydrogens is 352 g/mol. The summed E-state index contributed by atoms with van der Waals surface area (Å²) in [6.07, 6.45) is 20.8. The molecule has 1 aromatic carbocycles. The molecule has 0 spiro atoms. The van der Waals surface area contributed by atoms with Gasteiger partial charge in [0.05, 0.1) is 19.3 Å². The van der Waals surface area contributed by atoms with E-state index in [1.54, 1.807) is 24.3 Å². The summed E-state index contributed by atoms with van der Waals surface area (Å²) >= 11 is 0. The van der Waals surface area contributed by atoms with Crippen LogP contribution in [0, 0.1) is 5.92 Å². The minimum absolute atomic E-state index is 0.192. The van der Waals surface area contributed by atoms with Crippen molar-refractivity contribution in [2.75, 3.05) is 13.7 Å². The van der Waals surface area contributed by atoms with Gasteiger partial charge in [0.1, 0.15) is 12.0 Å². The third-order valence-corrected chi connectivity index (χ3v) is 3.90. The zero-order valence-electron chi connectivity index (χ0n) is 16.8. The van der Waals surface area contributed by atoms with Gasteiger partial charge in [0.25, 0.3) is 0 Å². The highest BCUT2D eigenvalue weighted by Gasteiger charge is 2.06. The second kappa shape index (κ2) is 15.2. The van der Waals surface area contributed by atoms with Crippen LogP contribution < -0.4 is 4.74 Å². The summed E-state index contributed by atoms with van der Waals surface area (Å²) in [7, 11) is 1.34. The molecule has 0 heterocycles. The van der Waals surface area contributed by atoms with Gasteiger partial charge in [0.2, 0.25) is 0 Å². The SMILES string of the molecule is CC/C=C\CC/C=C/C=C\C=C\[C@@H](C=O)CCOc1ccc(C(=O)OC)cc1. The Labute approximate surface area is 168 Å². The number of carbonyl (C=O) groups is 2. The van der Waals surface area contributed by atoms with E-state index >= 15 is 0 Å². The van der Waals surface area contributed by atoms with Crippen molar-refractivity contribution in [3.05, 3.63) is 78.4 Å². The zero-order chi connectivity index (χ0) is 20.5. The van der Waals surface area contributed by atoms with Crippen molar-refractivity contribution in [1.82, 2.24) is 0 Å². The van der Waals surface area contributed by atoms with Gasteiger partial charge in [0, 0.05) is 5.92 Å². The van der Waals surface area contributed by atoms with Crippen LogP contribution in [0.1, 0.15) is 43.0 Å². The summed E-state index contributed by atoms with van der Waals surface area (Å²) in [5, 5.41) is 0. The fourth-order valence-corrected chi connectivity index (χ4v) is 2.31. The lowest BCUT2D eigenvalue weighted by atomic mass is 10.1. The van der Waals surface area contributed by atoms with Crippen molar-refractivity contribution in [2.45, 2.75) is 32.6 Å². The van der Waals surface area contributed by atoms with Crippen molar-refractivity contribution < 1.29 is 19.1 Å². The Balaban J connectivity index is 2.30. The molecule has 0 aromatic heterocycles. The third-order valence-electron chi connectivity index (χ3n) is 3.90. The number of hydrogen-bond donors (Lipinski definition) is 0. The number of aldehydes is 1. The Hall–Kier alpha value is -2.88. The number of methoxy groups -OCH3 is 1. The Bertz CT molecular complexity index is 681. The van der Waals surface area contributed by atoms with E-state index in [1.165, 1.54) is 7.11 Å². The summed E-state index contributed by atoms with van der Waals surface area (Å²) < 4.78 is 10.3. The summed E-state index contributed by atoms with van der Waals surface area (Å²) in [5.41, 5.74) is 0.474. The first-order chi connectivity index (χ1) is 13.7. The fourth-order valence-electron chi connectivity index (χ4n) is 2.31. The predicted octanol–water partition coefficient (Wildman–Crippen LogP) is 5.47. The van der Waals surface area contributed by atoms with Crippen molar-refractivity contribution in [1.29, 1.82) is 0 Å². The highest BCUT2D eigenvalue weighted by Crippen LogP contribution is 2.14. The van der Waals surface area contributed by atoms with E-state index in [4.69, 9.17) is 4.74 Å². The highest BCUT2D eigenvalue weighted by atomic mass is 16.5. The first kappa shape index (κ1) is 23.2. The quantitative estimate of drug-likeness (QED) is 0.149. The fraction of sp³-hybridized carbons (Fsp3) is 0.333. The van der Waals surface area contributed by atoms with Gasteiger partial charge in [-0.3, -0.25) is 0 Å². The molecule has 0 amide bonds. The number of esters is 1. The first-order valence-electron chi connectivity index (χ1n) is 9.62. The van der Waals surface area contributed by atoms with Crippen molar-refractivity contribution in [3.63, 3.8) is 0 Å². The summed E-state index contributed by atoms with van der Waals surface area (Å²) in [6, 6.07) is 6.73. The molecule has 4 heteroatoms. The smallest absolute Gasteiger partial charge is 0.337 e. The topological polar surface area (TPSA) is 52.6 Å². The molecule has 0 aliphatic heterocycles. The molecule has 150 valence electrons. The van der Waals surface area contributed by atoms with E-state index in [0.29, 0.717) is 24.3 Å². The van der Waals surface area contributed by atoms with Crippen LogP contribution in [0.2, 0.25) is 0 Å². The highest BCUT2D eigenvalue weighted by molar-refractivity contribution is 5.89. The number of unbranched alkanes of at least 4 members (excludes halogenated alkanes) is 1. The average molecular weight is 383 g/mol. The zero-order valence-corrected chi connectivity index (χ0v) is 16.8. The molecule has 1 atom stereocenters. The van der Waals surface area contributed by atoms with Gasteiger partial charge in [-0.25, -0.2) is 4.79 Å². The molecule has 0 saturated heterocycles. The molecule has 0 radical (unpaired) electrons. The van der Waals surface area contributed by atoms with E-state index in [0.717, 1.165) is 25.5 Å². The minimum atomic E-state index is -0.381. The van der Waals surface area contributed by atoms with Gasteiger partial charge in [-0.2, -0.15) is 0 Å². The van der Waals surface area contributed by atoms with Crippen molar-refractivity contribution in [2.24, 2.45) is 5.92 Å². The molecule has 0 saturated carbocycles. The van der Waals surface area contributed by atoms with Crippen molar-refractivity contribution in [3.8, 4) is 5.75 Å². The lowest BCUT2D eigenvalue weighted by Gasteiger charge is -2.08. The van der Waals surface area contributed by atoms with Gasteiger partial charge >= 0.3 is 5.97 Å². The van der Waals surface area contributed by atoms with Crippen LogP contribution in [-0.2, 0) is 9.53 Å². The molecule has 0 aliphatic carbocycles. The van der Waals surface area contributed by atoms with Crippen LogP contribution >= 0.6 is 0 Å². The molecular formula is C24H30O4. The molecule has 0 fully saturated rings. The molecule has 0 N–H and O–H groups in total. The lowest BCUT2D eigenvalue weighted by Crippen LogP contribution is -2.06. The standard InChI is InChI=1S/C24H30O4/c1-3-4-5-6-7-8-9-10-11-12-13-21(20-25)18-19-28-23-16-14-22(15-17-23)24(26)27-2/h4-5,8-17,20-21H,3,6-7,18-19H2,1-2H3/b5-4-,9-8+,11-10-,13-12+/t21-/m1/s1. The molecule has 1 rings (SSSR count). The van der Waals surface area contributed by atoms with Gasteiger partial charge in [-0.1, -0.05) is 55.5 Å². The monoisotopic (exact) mass is 382 g/mol. The Morgan fingerprint density at radius 3 is 2.39 bits per heavy atom. The number of ether oxygens (including phenoxy) is 2. The van der Waals surface area contributed by atoms with Crippen LogP contribution in [0.15, 0.2) is 72.9 Å². The normalized spacial score (nSPS) is 12.9. The van der Waals surface area contributed by atoms with E-state index in [9.17, 15) is 9.59 Å². The number of rotatable bonds is 13. The molecule has 4 nitrogen and oxygen atoms in total. The molecule has 0 aliphatic rings. The second-order valence-electron chi connectivity index (χ2n) is 6.11. The lowest BCUT2D eigenvalue weighted by molar-refractivity contribution is -0.110. The summed E-state index contributed by atoms with van der Waals surface area (Å²) in [4.78, 5) is 22.6. The largest absolute Gasteiger partial charge is 0.494 e. The van der Waals surface area contributed by atoms with E-state index < -0.39 is 0 Å². The minimum Gasteiger partial charge on any atom is -0.494 e. The molecule has 0 unspecified atom stereocenters. The van der Waals surface area contributed by atoms with E-state index in [1.807, 2.05) is 30.4 Å². The molecule has 0 bridgehead atoms. The maximum absolute atomic E-state index is 11.4. The summed E-state index contributed by atoms with van der Waals surface area (Å²) in [5.74, 6) is 0.0798. The van der Waals surface area contributed by atoms with Gasteiger partial charge in [0.15, 0.2) is 0 Å². The second-order valence-corrected chi connectivity index (χ2v) is 6.11. The van der Waals surface area contributed by atoms with Crippen LogP contribution in [0.3, 0.4) is 0 Å². The average Bonchev–Trinajstić information content (AvgIpc) is 2.73. The van der Waals surface area contributed by atoms with Gasteiger partial charge < -0.3 is 14.3 Å².